The maximum atomic E-state index is 9.15. The first kappa shape index (κ1) is 34.7. The summed E-state index contributed by atoms with van der Waals surface area (Å²) in [4.78, 5) is 72.6. The molecular weight excluding hydrogens is 778 g/mol. The van der Waals surface area contributed by atoms with E-state index in [1.165, 1.54) is 0 Å². The van der Waals surface area contributed by atoms with Crippen molar-refractivity contribution in [3.8, 4) is 0 Å². The van der Waals surface area contributed by atoms with E-state index in [0.717, 1.165) is 0 Å². The Bertz CT molecular complexity index is 350. The van der Waals surface area contributed by atoms with Gasteiger partial charge in [-0.3, -0.25) is 0 Å². The Labute approximate surface area is 177 Å². The van der Waals surface area contributed by atoms with Gasteiger partial charge < -0.3 is 88.7 Å². The molecule has 26 heavy (non-hydrogen) atoms. The third-order valence-electron chi connectivity index (χ3n) is 0.533. The topological polar surface area (TPSA) is 296 Å². The van der Waals surface area contributed by atoms with Crippen molar-refractivity contribution in [1.82, 2.24) is 0 Å². The maximum absolute atomic E-state index is 9.15. The first-order chi connectivity index (χ1) is 10.9. The molecule has 0 aliphatic carbocycles. The predicted octanol–water partition coefficient (Wildman–Crippen LogP) is -7.90. The second-order valence-electron chi connectivity index (χ2n) is 2.00. The molecule has 0 saturated heterocycles. The number of carbonyl (C=O) groups is 6. The molecule has 0 aromatic rings. The molecule has 0 aliphatic rings. The van der Waals surface area contributed by atoms with Gasteiger partial charge in [0.25, 0.3) is 36.9 Å². The molecule has 0 aliphatic heterocycles. The fraction of sp³-hybridized carbons (Fsp3) is 0. The van der Waals surface area contributed by atoms with Gasteiger partial charge in [0, 0.05) is 0 Å². The molecule has 0 spiro atoms. The summed E-state index contributed by atoms with van der Waals surface area (Å²) in [5.41, 5.74) is 0. The fourth-order valence-corrected chi connectivity index (χ4v) is 0.204. The standard InChI is InChI=1S/3C2H2O6.2Bi/c3*3-1(4)7-8-2(5)6;;/h3*(H,3,4)(H,5,6);;/q;;;2*+3/p-6. The molecule has 0 unspecified atom stereocenters. The van der Waals surface area contributed by atoms with Crippen LogP contribution in [-0.4, -0.2) is 89.3 Å². The van der Waals surface area contributed by atoms with Gasteiger partial charge in [-0.05, 0) is 0 Å². The summed E-state index contributed by atoms with van der Waals surface area (Å²) >= 11 is 0. The minimum Gasteiger partial charge on any atom is -0.424 e. The average molecular weight is 778 g/mol. The van der Waals surface area contributed by atoms with Crippen molar-refractivity contribution in [3.05, 3.63) is 0 Å². The number of hydrogen-bond acceptors (Lipinski definition) is 18. The Balaban J connectivity index is -0.0000000817. The minimum absolute atomic E-state index is 0. The van der Waals surface area contributed by atoms with Crippen molar-refractivity contribution < 1.29 is 88.7 Å². The van der Waals surface area contributed by atoms with Crippen molar-refractivity contribution in [2.45, 2.75) is 0 Å². The van der Waals surface area contributed by atoms with E-state index < -0.39 is 36.9 Å². The summed E-state index contributed by atoms with van der Waals surface area (Å²) in [5, 5.41) is 54.9. The van der Waals surface area contributed by atoms with Crippen LogP contribution in [0, 0.1) is 0 Å². The number of carboxylic acid groups (broad SMARTS) is 6. The summed E-state index contributed by atoms with van der Waals surface area (Å²) in [6, 6.07) is 0. The second-order valence-corrected chi connectivity index (χ2v) is 2.00. The largest absolute Gasteiger partial charge is 3.00 e. The van der Waals surface area contributed by atoms with Crippen molar-refractivity contribution in [2.24, 2.45) is 0 Å². The molecular formula is C6Bi2O18. The zero-order valence-corrected chi connectivity index (χ0v) is 18.2. The molecule has 0 fully saturated rings. The van der Waals surface area contributed by atoms with E-state index in [4.69, 9.17) is 59.4 Å². The van der Waals surface area contributed by atoms with Crippen LogP contribution in [0.2, 0.25) is 0 Å². The Hall–Kier alpha value is -2.61. The monoisotopic (exact) mass is 778 g/mol. The van der Waals surface area contributed by atoms with Crippen LogP contribution in [-0.2, 0) is 29.3 Å². The molecule has 20 heteroatoms. The van der Waals surface area contributed by atoms with Gasteiger partial charge in [-0.15, -0.1) is 0 Å². The molecule has 0 aromatic heterocycles. The quantitative estimate of drug-likeness (QED) is 0.125. The van der Waals surface area contributed by atoms with Gasteiger partial charge in [0.05, 0.1) is 0 Å². The summed E-state index contributed by atoms with van der Waals surface area (Å²) in [7, 11) is 0. The Morgan fingerprint density at radius 2 is 0.423 bits per heavy atom. The van der Waals surface area contributed by atoms with Crippen LogP contribution in [0.5, 0.6) is 0 Å². The van der Waals surface area contributed by atoms with Crippen LogP contribution in [0.4, 0.5) is 28.8 Å². The van der Waals surface area contributed by atoms with Gasteiger partial charge in [-0.2, -0.15) is 0 Å². The van der Waals surface area contributed by atoms with Crippen LogP contribution in [0.3, 0.4) is 0 Å². The number of carbonyl (C=O) groups excluding carboxylic acids is 6. The molecule has 4 radical (unpaired) electrons. The molecule has 18 nitrogen and oxygen atoms in total. The first-order valence-electron chi connectivity index (χ1n) is 4.17. The van der Waals surface area contributed by atoms with Crippen LogP contribution in [0.1, 0.15) is 0 Å². The first-order valence-corrected chi connectivity index (χ1v) is 4.17. The van der Waals surface area contributed by atoms with Crippen molar-refractivity contribution in [2.75, 3.05) is 0 Å². The van der Waals surface area contributed by atoms with Gasteiger partial charge in [0.1, 0.15) is 0 Å². The summed E-state index contributed by atoms with van der Waals surface area (Å²) < 4.78 is 0. The average Bonchev–Trinajstić information content (AvgIpc) is 2.42. The van der Waals surface area contributed by atoms with Crippen molar-refractivity contribution >= 4 is 89.3 Å². The molecule has 0 rings (SSSR count). The third kappa shape index (κ3) is 57.9. The fourth-order valence-electron chi connectivity index (χ4n) is 0.204. The molecule has 0 amide bonds. The summed E-state index contributed by atoms with van der Waals surface area (Å²) in [6.07, 6.45) is -12.5. The van der Waals surface area contributed by atoms with Gasteiger partial charge in [-0.25, -0.2) is 0 Å². The third-order valence-corrected chi connectivity index (χ3v) is 0.533. The Kier molecular flexibility index (Phi) is 29.9. The molecule has 0 heterocycles. The zero-order chi connectivity index (χ0) is 19.7. The minimum atomic E-state index is -2.09. The van der Waals surface area contributed by atoms with Crippen LogP contribution in [0.15, 0.2) is 0 Å². The van der Waals surface area contributed by atoms with Crippen LogP contribution >= 0.6 is 0 Å². The van der Waals surface area contributed by atoms with Gasteiger partial charge >= 0.3 is 52.4 Å². The molecule has 0 N–H and O–H groups in total. The van der Waals surface area contributed by atoms with Crippen molar-refractivity contribution in [3.63, 3.8) is 0 Å². The SMILES string of the molecule is O=C([O-])OOC(=O)[O-].O=C([O-])OOC(=O)[O-].O=C([O-])OOC(=O)[O-].[Bi+3].[Bi+3]. The Morgan fingerprint density at radius 1 is 0.346 bits per heavy atom. The normalized spacial score (nSPS) is 6.92. The van der Waals surface area contributed by atoms with E-state index in [-0.39, 0.29) is 52.4 Å². The van der Waals surface area contributed by atoms with E-state index >= 15 is 0 Å². The molecule has 0 aromatic carbocycles. The molecule has 0 bridgehead atoms. The van der Waals surface area contributed by atoms with Gasteiger partial charge in [0.2, 0.25) is 0 Å². The number of hydrogen-bond donors (Lipinski definition) is 0. The van der Waals surface area contributed by atoms with Crippen LogP contribution in [0.25, 0.3) is 0 Å². The van der Waals surface area contributed by atoms with E-state index in [1.54, 1.807) is 0 Å². The van der Waals surface area contributed by atoms with Gasteiger partial charge in [-0.1, -0.05) is 0 Å². The van der Waals surface area contributed by atoms with Gasteiger partial charge in [0.15, 0.2) is 0 Å². The maximum Gasteiger partial charge on any atom is 3.00 e. The van der Waals surface area contributed by atoms with E-state index in [1.807, 2.05) is 0 Å². The van der Waals surface area contributed by atoms with E-state index in [9.17, 15) is 0 Å². The van der Waals surface area contributed by atoms with E-state index in [0.29, 0.717) is 0 Å². The molecule has 0 atom stereocenters. The Morgan fingerprint density at radius 3 is 0.462 bits per heavy atom. The van der Waals surface area contributed by atoms with Crippen molar-refractivity contribution in [1.29, 1.82) is 0 Å². The molecule has 142 valence electrons. The second kappa shape index (κ2) is 22.4. The molecule has 0 saturated carbocycles. The van der Waals surface area contributed by atoms with E-state index in [2.05, 4.69) is 29.3 Å². The van der Waals surface area contributed by atoms with Crippen LogP contribution < -0.4 is 30.6 Å². The predicted molar refractivity (Wildman–Crippen MR) is 50.4 cm³/mol. The zero-order valence-electron chi connectivity index (χ0n) is 11.2. The summed E-state index contributed by atoms with van der Waals surface area (Å²) in [6.45, 7) is 0. The summed E-state index contributed by atoms with van der Waals surface area (Å²) in [5.74, 6) is 0. The number of rotatable bonds is 0. The smallest absolute Gasteiger partial charge is 0.424 e.